The first-order chi connectivity index (χ1) is 9.34. The molecule has 7 nitrogen and oxygen atoms in total. The second-order valence-electron chi connectivity index (χ2n) is 4.61. The number of nitro groups is 1. The summed E-state index contributed by atoms with van der Waals surface area (Å²) in [6.07, 6.45) is 0.937. The number of nitro benzene ring substituents is 1. The van der Waals surface area contributed by atoms with Crippen LogP contribution in [-0.4, -0.2) is 28.1 Å². The van der Waals surface area contributed by atoms with Gasteiger partial charge in [0.2, 0.25) is 0 Å². The first-order valence-corrected chi connectivity index (χ1v) is 6.38. The molecule has 0 fully saturated rings. The van der Waals surface area contributed by atoms with Crippen LogP contribution in [0.1, 0.15) is 37.0 Å². The summed E-state index contributed by atoms with van der Waals surface area (Å²) in [7, 11) is 0. The molecule has 0 radical (unpaired) electrons. The molecular formula is C13H19N3O4. The first kappa shape index (κ1) is 15.9. The molecule has 7 heteroatoms. The number of nitrogen functional groups attached to an aromatic ring is 1. The summed E-state index contributed by atoms with van der Waals surface area (Å²) >= 11 is 0. The van der Waals surface area contributed by atoms with E-state index in [4.69, 9.17) is 5.73 Å². The lowest BCUT2D eigenvalue weighted by atomic mass is 9.97. The number of hydrogen-bond donors (Lipinski definition) is 3. The van der Waals surface area contributed by atoms with Gasteiger partial charge in [0.05, 0.1) is 16.2 Å². The summed E-state index contributed by atoms with van der Waals surface area (Å²) in [5.41, 5.74) is 4.13. The van der Waals surface area contributed by atoms with Crippen molar-refractivity contribution >= 4 is 17.3 Å². The molecule has 0 unspecified atom stereocenters. The molecule has 110 valence electrons. The van der Waals surface area contributed by atoms with Crippen molar-refractivity contribution in [1.82, 2.24) is 5.32 Å². The average molecular weight is 281 g/mol. The van der Waals surface area contributed by atoms with Crippen molar-refractivity contribution in [3.05, 3.63) is 33.9 Å². The second kappa shape index (κ2) is 6.33. The molecule has 4 N–H and O–H groups in total. The summed E-state index contributed by atoms with van der Waals surface area (Å²) < 4.78 is 0. The van der Waals surface area contributed by atoms with E-state index in [0.29, 0.717) is 12.8 Å². The number of nitrogens with zero attached hydrogens (tertiary/aromatic N) is 1. The Kier molecular flexibility index (Phi) is 5.04. The molecule has 0 aliphatic heterocycles. The maximum atomic E-state index is 12.1. The number of amides is 1. The highest BCUT2D eigenvalue weighted by atomic mass is 16.6. The van der Waals surface area contributed by atoms with Crippen molar-refractivity contribution in [2.24, 2.45) is 0 Å². The lowest BCUT2D eigenvalue weighted by Crippen LogP contribution is -2.42. The van der Waals surface area contributed by atoms with Crippen LogP contribution in [0.3, 0.4) is 0 Å². The van der Waals surface area contributed by atoms with Crippen LogP contribution in [0.25, 0.3) is 0 Å². The van der Waals surface area contributed by atoms with E-state index in [1.807, 2.05) is 0 Å². The van der Waals surface area contributed by atoms with Gasteiger partial charge >= 0.3 is 0 Å². The normalized spacial score (nSPS) is 11.2. The third kappa shape index (κ3) is 3.45. The van der Waals surface area contributed by atoms with Crippen molar-refractivity contribution in [1.29, 1.82) is 0 Å². The van der Waals surface area contributed by atoms with E-state index < -0.39 is 16.4 Å². The number of carbonyl (C=O) groups excluding carboxylic acids is 1. The van der Waals surface area contributed by atoms with Crippen LogP contribution in [0.15, 0.2) is 18.2 Å². The zero-order valence-electron chi connectivity index (χ0n) is 11.5. The number of nitrogens with one attached hydrogen (secondary N) is 1. The Morgan fingerprint density at radius 2 is 2.05 bits per heavy atom. The summed E-state index contributed by atoms with van der Waals surface area (Å²) in [6.45, 7) is 3.62. The highest BCUT2D eigenvalue weighted by molar-refractivity contribution is 6.03. The summed E-state index contributed by atoms with van der Waals surface area (Å²) in [5.74, 6) is -0.657. The van der Waals surface area contributed by atoms with Gasteiger partial charge in [0.25, 0.3) is 11.6 Å². The fourth-order valence-electron chi connectivity index (χ4n) is 1.79. The van der Waals surface area contributed by atoms with Crippen LogP contribution in [0.4, 0.5) is 11.4 Å². The molecule has 1 aromatic carbocycles. The van der Waals surface area contributed by atoms with E-state index in [1.54, 1.807) is 13.8 Å². The number of benzene rings is 1. The van der Waals surface area contributed by atoms with Crippen molar-refractivity contribution < 1.29 is 14.8 Å². The standard InChI is InChI=1S/C13H19N3O4/c1-3-13(18,4-2)8-15-12(17)11-9(14)6-5-7-10(11)16(19)20/h5-7,18H,3-4,8,14H2,1-2H3,(H,15,17). The molecule has 1 aromatic rings. The number of nitrogens with two attached hydrogens (primary N) is 1. The zero-order valence-corrected chi connectivity index (χ0v) is 11.5. The molecule has 0 aromatic heterocycles. The van der Waals surface area contributed by atoms with Gasteiger partial charge in [0, 0.05) is 12.6 Å². The van der Waals surface area contributed by atoms with Gasteiger partial charge in [-0.05, 0) is 18.9 Å². The minimum absolute atomic E-state index is 0.0182. The largest absolute Gasteiger partial charge is 0.398 e. The minimum Gasteiger partial charge on any atom is -0.398 e. The summed E-state index contributed by atoms with van der Waals surface area (Å²) in [4.78, 5) is 22.3. The zero-order chi connectivity index (χ0) is 15.3. The van der Waals surface area contributed by atoms with Crippen molar-refractivity contribution in [2.45, 2.75) is 32.3 Å². The maximum Gasteiger partial charge on any atom is 0.284 e. The molecule has 0 saturated carbocycles. The Morgan fingerprint density at radius 3 is 2.55 bits per heavy atom. The lowest BCUT2D eigenvalue weighted by Gasteiger charge is -2.25. The van der Waals surface area contributed by atoms with E-state index in [2.05, 4.69) is 5.32 Å². The Bertz CT molecular complexity index is 512. The van der Waals surface area contributed by atoms with Gasteiger partial charge in [-0.2, -0.15) is 0 Å². The smallest absolute Gasteiger partial charge is 0.284 e. The van der Waals surface area contributed by atoms with Crippen molar-refractivity contribution in [3.8, 4) is 0 Å². The van der Waals surface area contributed by atoms with Crippen LogP contribution in [0.2, 0.25) is 0 Å². The van der Waals surface area contributed by atoms with E-state index in [-0.39, 0.29) is 23.5 Å². The first-order valence-electron chi connectivity index (χ1n) is 6.38. The van der Waals surface area contributed by atoms with E-state index >= 15 is 0 Å². The average Bonchev–Trinajstić information content (AvgIpc) is 2.44. The van der Waals surface area contributed by atoms with Gasteiger partial charge in [-0.3, -0.25) is 14.9 Å². The van der Waals surface area contributed by atoms with Crippen LogP contribution in [-0.2, 0) is 0 Å². The second-order valence-corrected chi connectivity index (χ2v) is 4.61. The Labute approximate surface area is 116 Å². The highest BCUT2D eigenvalue weighted by Gasteiger charge is 2.27. The van der Waals surface area contributed by atoms with Crippen molar-refractivity contribution in [2.75, 3.05) is 12.3 Å². The van der Waals surface area contributed by atoms with Gasteiger partial charge in [-0.15, -0.1) is 0 Å². The van der Waals surface area contributed by atoms with Gasteiger partial charge in [0.15, 0.2) is 0 Å². The predicted molar refractivity (Wildman–Crippen MR) is 75.4 cm³/mol. The molecule has 20 heavy (non-hydrogen) atoms. The summed E-state index contributed by atoms with van der Waals surface area (Å²) in [5, 5.41) is 23.5. The summed E-state index contributed by atoms with van der Waals surface area (Å²) in [6, 6.07) is 4.06. The monoisotopic (exact) mass is 281 g/mol. The van der Waals surface area contributed by atoms with Crippen LogP contribution in [0.5, 0.6) is 0 Å². The highest BCUT2D eigenvalue weighted by Crippen LogP contribution is 2.24. The predicted octanol–water partition coefficient (Wildman–Crippen LogP) is 1.46. The fourth-order valence-corrected chi connectivity index (χ4v) is 1.79. The van der Waals surface area contributed by atoms with Gasteiger partial charge < -0.3 is 16.2 Å². The van der Waals surface area contributed by atoms with Crippen molar-refractivity contribution in [3.63, 3.8) is 0 Å². The van der Waals surface area contributed by atoms with Crippen LogP contribution in [0, 0.1) is 10.1 Å². The van der Waals surface area contributed by atoms with E-state index in [1.165, 1.54) is 18.2 Å². The van der Waals surface area contributed by atoms with Gasteiger partial charge in [0.1, 0.15) is 5.56 Å². The number of anilines is 1. The molecule has 0 aliphatic rings. The van der Waals surface area contributed by atoms with Gasteiger partial charge in [-0.1, -0.05) is 19.9 Å². The molecular weight excluding hydrogens is 262 g/mol. The maximum absolute atomic E-state index is 12.1. The molecule has 1 rings (SSSR count). The van der Waals surface area contributed by atoms with Gasteiger partial charge in [-0.25, -0.2) is 0 Å². The third-order valence-corrected chi connectivity index (χ3v) is 3.39. The molecule has 0 atom stereocenters. The molecule has 0 spiro atoms. The van der Waals surface area contributed by atoms with E-state index in [0.717, 1.165) is 0 Å². The number of carbonyl (C=O) groups is 1. The molecule has 1 amide bonds. The van der Waals surface area contributed by atoms with Crippen LogP contribution >= 0.6 is 0 Å². The molecule has 0 saturated heterocycles. The minimum atomic E-state index is -1.02. The number of rotatable bonds is 6. The Hall–Kier alpha value is -2.15. The third-order valence-electron chi connectivity index (χ3n) is 3.39. The number of aliphatic hydroxyl groups is 1. The Morgan fingerprint density at radius 1 is 1.45 bits per heavy atom. The molecule has 0 bridgehead atoms. The number of hydrogen-bond acceptors (Lipinski definition) is 5. The molecule has 0 heterocycles. The lowest BCUT2D eigenvalue weighted by molar-refractivity contribution is -0.385. The SMILES string of the molecule is CCC(O)(CC)CNC(=O)c1c(N)cccc1[N+](=O)[O-]. The topological polar surface area (TPSA) is 118 Å². The Balaban J connectivity index is 2.96. The van der Waals surface area contributed by atoms with E-state index in [9.17, 15) is 20.0 Å². The molecule has 0 aliphatic carbocycles. The fraction of sp³-hybridized carbons (Fsp3) is 0.462. The van der Waals surface area contributed by atoms with Crippen LogP contribution < -0.4 is 11.1 Å². The quantitative estimate of drug-likeness (QED) is 0.414.